The van der Waals surface area contributed by atoms with Gasteiger partial charge in [-0.15, -0.1) is 0 Å². The second-order valence-electron chi connectivity index (χ2n) is 7.74. The zero-order valence-corrected chi connectivity index (χ0v) is 18.3. The van der Waals surface area contributed by atoms with Crippen LogP contribution in [0.25, 0.3) is 11.1 Å². The van der Waals surface area contributed by atoms with Gasteiger partial charge in [0.05, 0.1) is 0 Å². The minimum atomic E-state index is -1.07. The van der Waals surface area contributed by atoms with Gasteiger partial charge in [0.2, 0.25) is 0 Å². The van der Waals surface area contributed by atoms with Crippen molar-refractivity contribution in [3.63, 3.8) is 0 Å². The van der Waals surface area contributed by atoms with Crippen LogP contribution in [-0.4, -0.2) is 35.5 Å². The van der Waals surface area contributed by atoms with E-state index in [2.05, 4.69) is 46.7 Å². The van der Waals surface area contributed by atoms with Crippen LogP contribution >= 0.6 is 0 Å². The number of carboxylic acids is 1. The summed E-state index contributed by atoms with van der Waals surface area (Å²) in [6, 6.07) is 24.2. The lowest BCUT2D eigenvalue weighted by atomic mass is 10.0. The minimum Gasteiger partial charge on any atom is -0.480 e. The summed E-state index contributed by atoms with van der Waals surface area (Å²) in [4.78, 5) is 27.4. The molecule has 0 fully saturated rings. The van der Waals surface area contributed by atoms with Gasteiger partial charge in [-0.05, 0) is 53.6 Å². The molecule has 0 aliphatic heterocycles. The first kappa shape index (κ1) is 23.7. The van der Waals surface area contributed by atoms with Crippen molar-refractivity contribution >= 4 is 17.8 Å². The topological polar surface area (TPSA) is 131 Å². The Morgan fingerprint density at radius 3 is 2.30 bits per heavy atom. The lowest BCUT2D eigenvalue weighted by Gasteiger charge is -2.08. The zero-order chi connectivity index (χ0) is 23.6. The van der Waals surface area contributed by atoms with Gasteiger partial charge in [0.15, 0.2) is 5.96 Å². The fourth-order valence-electron chi connectivity index (χ4n) is 3.38. The number of nitrogens with zero attached hydrogens (tertiary/aromatic N) is 1. The molecule has 0 heterocycles. The van der Waals surface area contributed by atoms with Crippen LogP contribution in [0, 0.1) is 0 Å². The number of hydrogen-bond donors (Lipinski definition) is 4. The monoisotopic (exact) mass is 444 g/mol. The van der Waals surface area contributed by atoms with Gasteiger partial charge in [-0.1, -0.05) is 66.7 Å². The number of guanidine groups is 1. The van der Waals surface area contributed by atoms with Crippen LogP contribution in [0.1, 0.15) is 27.9 Å². The molecule has 1 atom stereocenters. The fourth-order valence-corrected chi connectivity index (χ4v) is 3.38. The van der Waals surface area contributed by atoms with Gasteiger partial charge in [-0.25, -0.2) is 0 Å². The number of rotatable bonds is 9. The average molecular weight is 445 g/mol. The maximum absolute atomic E-state index is 12.3. The molecule has 0 aliphatic rings. The number of nitrogens with one attached hydrogen (secondary N) is 1. The molecule has 6 N–H and O–H groups in total. The van der Waals surface area contributed by atoms with Gasteiger partial charge >= 0.3 is 5.97 Å². The second kappa shape index (κ2) is 11.6. The number of carbonyl (C=O) groups excluding carboxylic acids is 1. The highest BCUT2D eigenvalue weighted by Gasteiger charge is 2.13. The highest BCUT2D eigenvalue weighted by atomic mass is 16.4. The molecule has 0 spiro atoms. The van der Waals surface area contributed by atoms with Gasteiger partial charge in [-0.3, -0.25) is 19.9 Å². The SMILES string of the molecule is NC(=NCCCc1cccc(-c2ccccc2)c1)NC(=O)c1ccc(C[C@H](N)C(=O)O)cc1. The Hall–Kier alpha value is -3.97. The number of aryl methyl sites for hydroxylation is 1. The van der Waals surface area contributed by atoms with Crippen LogP contribution < -0.4 is 16.8 Å². The molecule has 3 aromatic rings. The standard InChI is InChI=1S/C26H28N4O3/c27-23(25(32)33)17-19-11-13-21(14-12-19)24(31)30-26(28)29-15-5-7-18-6-4-10-22(16-18)20-8-2-1-3-9-20/h1-4,6,8-14,16,23H,5,7,15,17,27H2,(H,32,33)(H3,28,29,30,31)/t23-/m0/s1. The van der Waals surface area contributed by atoms with E-state index in [1.165, 1.54) is 16.7 Å². The Kier molecular flexibility index (Phi) is 8.32. The summed E-state index contributed by atoms with van der Waals surface area (Å²) in [5, 5.41) is 11.5. The van der Waals surface area contributed by atoms with Crippen molar-refractivity contribution in [1.82, 2.24) is 5.32 Å². The zero-order valence-electron chi connectivity index (χ0n) is 18.3. The number of aliphatic carboxylic acids is 1. The Morgan fingerprint density at radius 1 is 0.909 bits per heavy atom. The first-order chi connectivity index (χ1) is 15.9. The molecule has 7 nitrogen and oxygen atoms in total. The summed E-state index contributed by atoms with van der Waals surface area (Å²) in [5.74, 6) is -1.37. The third-order valence-electron chi connectivity index (χ3n) is 5.17. The largest absolute Gasteiger partial charge is 0.480 e. The van der Waals surface area contributed by atoms with Gasteiger partial charge < -0.3 is 16.6 Å². The van der Waals surface area contributed by atoms with E-state index in [9.17, 15) is 9.59 Å². The van der Waals surface area contributed by atoms with E-state index in [1.807, 2.05) is 18.2 Å². The van der Waals surface area contributed by atoms with E-state index in [0.717, 1.165) is 18.4 Å². The van der Waals surface area contributed by atoms with Crippen LogP contribution in [-0.2, 0) is 17.6 Å². The summed E-state index contributed by atoms with van der Waals surface area (Å²) in [5.41, 5.74) is 16.1. The van der Waals surface area contributed by atoms with Crippen molar-refractivity contribution in [3.8, 4) is 11.1 Å². The van der Waals surface area contributed by atoms with Crippen LogP contribution in [0.3, 0.4) is 0 Å². The molecule has 0 radical (unpaired) electrons. The molecule has 170 valence electrons. The second-order valence-corrected chi connectivity index (χ2v) is 7.74. The van der Waals surface area contributed by atoms with Gasteiger partial charge in [0.25, 0.3) is 5.91 Å². The number of carboxylic acid groups (broad SMARTS) is 1. The first-order valence-electron chi connectivity index (χ1n) is 10.8. The fraction of sp³-hybridized carbons (Fsp3) is 0.192. The molecule has 7 heteroatoms. The maximum Gasteiger partial charge on any atom is 0.320 e. The number of amides is 1. The first-order valence-corrected chi connectivity index (χ1v) is 10.8. The van der Waals surface area contributed by atoms with Crippen molar-refractivity contribution in [1.29, 1.82) is 0 Å². The Bertz CT molecular complexity index is 1110. The lowest BCUT2D eigenvalue weighted by molar-refractivity contribution is -0.138. The summed E-state index contributed by atoms with van der Waals surface area (Å²) < 4.78 is 0. The summed E-state index contributed by atoms with van der Waals surface area (Å²) in [6.07, 6.45) is 1.84. The summed E-state index contributed by atoms with van der Waals surface area (Å²) >= 11 is 0. The van der Waals surface area contributed by atoms with Crippen molar-refractivity contribution in [2.75, 3.05) is 6.54 Å². The molecule has 0 saturated heterocycles. The molecule has 0 aromatic heterocycles. The van der Waals surface area contributed by atoms with Crippen LogP contribution in [0.4, 0.5) is 0 Å². The van der Waals surface area contributed by atoms with E-state index in [1.54, 1.807) is 24.3 Å². The molecule has 0 saturated carbocycles. The number of hydrogen-bond acceptors (Lipinski definition) is 4. The van der Waals surface area contributed by atoms with Gasteiger partial charge in [-0.2, -0.15) is 0 Å². The van der Waals surface area contributed by atoms with E-state index >= 15 is 0 Å². The number of benzene rings is 3. The molecule has 1 amide bonds. The lowest BCUT2D eigenvalue weighted by Crippen LogP contribution is -2.37. The molecule has 33 heavy (non-hydrogen) atoms. The number of nitrogens with two attached hydrogens (primary N) is 2. The van der Waals surface area contributed by atoms with Crippen LogP contribution in [0.2, 0.25) is 0 Å². The third kappa shape index (κ3) is 7.29. The van der Waals surface area contributed by atoms with Crippen molar-refractivity contribution in [2.45, 2.75) is 25.3 Å². The van der Waals surface area contributed by atoms with Crippen molar-refractivity contribution < 1.29 is 14.7 Å². The van der Waals surface area contributed by atoms with Crippen molar-refractivity contribution in [2.24, 2.45) is 16.5 Å². The highest BCUT2D eigenvalue weighted by Crippen LogP contribution is 2.20. The molecule has 3 aromatic carbocycles. The molecule has 3 rings (SSSR count). The third-order valence-corrected chi connectivity index (χ3v) is 5.17. The predicted octanol–water partition coefficient (Wildman–Crippen LogP) is 2.99. The Morgan fingerprint density at radius 2 is 1.61 bits per heavy atom. The molecule has 0 bridgehead atoms. The molecule has 0 aliphatic carbocycles. The normalized spacial score (nSPS) is 12.2. The van der Waals surface area contributed by atoms with Gasteiger partial charge in [0, 0.05) is 12.1 Å². The summed E-state index contributed by atoms with van der Waals surface area (Å²) in [7, 11) is 0. The summed E-state index contributed by atoms with van der Waals surface area (Å²) in [6.45, 7) is 0.494. The van der Waals surface area contributed by atoms with E-state index in [-0.39, 0.29) is 18.3 Å². The quantitative estimate of drug-likeness (QED) is 0.229. The minimum absolute atomic E-state index is 0.0648. The van der Waals surface area contributed by atoms with E-state index in [4.69, 9.17) is 16.6 Å². The van der Waals surface area contributed by atoms with E-state index < -0.39 is 12.0 Å². The van der Waals surface area contributed by atoms with E-state index in [0.29, 0.717) is 12.1 Å². The smallest absolute Gasteiger partial charge is 0.320 e. The molecular weight excluding hydrogens is 416 g/mol. The Labute approximate surface area is 193 Å². The number of carbonyl (C=O) groups is 2. The highest BCUT2D eigenvalue weighted by molar-refractivity contribution is 6.05. The van der Waals surface area contributed by atoms with Crippen molar-refractivity contribution in [3.05, 3.63) is 95.6 Å². The average Bonchev–Trinajstić information content (AvgIpc) is 2.83. The number of aliphatic imine (C=N–C) groups is 1. The Balaban J connectivity index is 1.47. The molecular formula is C26H28N4O3. The molecule has 0 unspecified atom stereocenters. The maximum atomic E-state index is 12.3. The predicted molar refractivity (Wildman–Crippen MR) is 130 cm³/mol. The van der Waals surface area contributed by atoms with Crippen LogP contribution in [0.5, 0.6) is 0 Å². The van der Waals surface area contributed by atoms with Gasteiger partial charge in [0.1, 0.15) is 6.04 Å². The van der Waals surface area contributed by atoms with Crippen LogP contribution in [0.15, 0.2) is 83.9 Å².